The third-order valence-electron chi connectivity index (χ3n) is 3.72. The van der Waals surface area contributed by atoms with Crippen molar-refractivity contribution in [2.75, 3.05) is 11.9 Å². The summed E-state index contributed by atoms with van der Waals surface area (Å²) in [6.07, 6.45) is 0. The van der Waals surface area contributed by atoms with E-state index >= 15 is 0 Å². The maximum absolute atomic E-state index is 12.0. The molecule has 5 heteroatoms. The maximum atomic E-state index is 12.0. The van der Waals surface area contributed by atoms with Gasteiger partial charge in [-0.1, -0.05) is 50.6 Å². The van der Waals surface area contributed by atoms with Gasteiger partial charge in [0.25, 0.3) is 5.91 Å². The van der Waals surface area contributed by atoms with Crippen LogP contribution in [0.3, 0.4) is 0 Å². The van der Waals surface area contributed by atoms with Crippen molar-refractivity contribution in [2.45, 2.75) is 33.1 Å². The van der Waals surface area contributed by atoms with E-state index in [4.69, 9.17) is 16.3 Å². The molecule has 0 saturated carbocycles. The van der Waals surface area contributed by atoms with Gasteiger partial charge >= 0.3 is 5.97 Å². The third-order valence-corrected chi connectivity index (χ3v) is 4.03. The van der Waals surface area contributed by atoms with Gasteiger partial charge in [0, 0.05) is 0 Å². The van der Waals surface area contributed by atoms with E-state index < -0.39 is 11.9 Å². The van der Waals surface area contributed by atoms with Gasteiger partial charge in [0.2, 0.25) is 0 Å². The molecular formula is C20H22ClNO3. The minimum absolute atomic E-state index is 0.00955. The van der Waals surface area contributed by atoms with E-state index in [1.165, 1.54) is 0 Å². The lowest BCUT2D eigenvalue weighted by Gasteiger charge is -2.18. The van der Waals surface area contributed by atoms with Crippen LogP contribution in [-0.2, 0) is 14.9 Å². The van der Waals surface area contributed by atoms with Crippen LogP contribution in [0.1, 0.15) is 42.3 Å². The lowest BCUT2D eigenvalue weighted by Crippen LogP contribution is -2.21. The molecule has 0 fully saturated rings. The Balaban J connectivity index is 1.92. The Labute approximate surface area is 153 Å². The number of rotatable bonds is 4. The molecule has 132 valence electrons. The van der Waals surface area contributed by atoms with Gasteiger partial charge in [0.05, 0.1) is 16.3 Å². The van der Waals surface area contributed by atoms with Gasteiger partial charge in [-0.3, -0.25) is 4.79 Å². The van der Waals surface area contributed by atoms with Crippen molar-refractivity contribution >= 4 is 29.2 Å². The Bertz CT molecular complexity index is 777. The van der Waals surface area contributed by atoms with Crippen molar-refractivity contribution in [1.82, 2.24) is 0 Å². The zero-order valence-electron chi connectivity index (χ0n) is 14.9. The fraction of sp³-hybridized carbons (Fsp3) is 0.300. The number of halogens is 1. The fourth-order valence-electron chi connectivity index (χ4n) is 2.23. The number of esters is 1. The molecule has 2 aromatic rings. The van der Waals surface area contributed by atoms with Crippen molar-refractivity contribution in [3.63, 3.8) is 0 Å². The number of ether oxygens (including phenoxy) is 1. The molecule has 25 heavy (non-hydrogen) atoms. The largest absolute Gasteiger partial charge is 0.452 e. The first kappa shape index (κ1) is 19.0. The van der Waals surface area contributed by atoms with Gasteiger partial charge in [-0.2, -0.15) is 0 Å². The molecule has 0 bridgehead atoms. The Morgan fingerprint density at radius 2 is 1.72 bits per heavy atom. The van der Waals surface area contributed by atoms with Gasteiger partial charge in [0.15, 0.2) is 6.61 Å². The first-order valence-electron chi connectivity index (χ1n) is 8.00. The van der Waals surface area contributed by atoms with Crippen molar-refractivity contribution < 1.29 is 14.3 Å². The second-order valence-electron chi connectivity index (χ2n) is 6.93. The van der Waals surface area contributed by atoms with Gasteiger partial charge in [-0.05, 0) is 47.7 Å². The van der Waals surface area contributed by atoms with Crippen molar-refractivity contribution in [2.24, 2.45) is 0 Å². The van der Waals surface area contributed by atoms with Crippen LogP contribution in [0, 0.1) is 6.92 Å². The van der Waals surface area contributed by atoms with Crippen LogP contribution in [0.15, 0.2) is 42.5 Å². The number of carbonyl (C=O) groups excluding carboxylic acids is 2. The standard InChI is InChI=1S/C20H22ClNO3/c1-13-5-10-17(16(21)11-13)22-18(23)12-25-19(24)14-6-8-15(9-7-14)20(2,3)4/h5-11H,12H2,1-4H3,(H,22,23). The average Bonchev–Trinajstić information content (AvgIpc) is 2.54. The third kappa shape index (κ3) is 5.33. The van der Waals surface area contributed by atoms with Crippen LogP contribution in [0.4, 0.5) is 5.69 Å². The lowest BCUT2D eigenvalue weighted by molar-refractivity contribution is -0.119. The molecule has 0 heterocycles. The van der Waals surface area contributed by atoms with E-state index in [-0.39, 0.29) is 12.0 Å². The lowest BCUT2D eigenvalue weighted by atomic mass is 9.87. The Morgan fingerprint density at radius 1 is 1.08 bits per heavy atom. The minimum atomic E-state index is -0.536. The van der Waals surface area contributed by atoms with E-state index in [2.05, 4.69) is 26.1 Å². The molecule has 0 aliphatic rings. The normalized spacial score (nSPS) is 11.1. The van der Waals surface area contributed by atoms with E-state index in [1.807, 2.05) is 25.1 Å². The molecule has 2 rings (SSSR count). The number of hydrogen-bond donors (Lipinski definition) is 1. The molecule has 0 spiro atoms. The van der Waals surface area contributed by atoms with E-state index in [1.54, 1.807) is 24.3 Å². The fourth-order valence-corrected chi connectivity index (χ4v) is 2.51. The monoisotopic (exact) mass is 359 g/mol. The predicted molar refractivity (Wildman–Crippen MR) is 100 cm³/mol. The number of anilines is 1. The highest BCUT2D eigenvalue weighted by atomic mass is 35.5. The van der Waals surface area contributed by atoms with Gasteiger partial charge in [-0.15, -0.1) is 0 Å². The van der Waals surface area contributed by atoms with Crippen LogP contribution in [-0.4, -0.2) is 18.5 Å². The van der Waals surface area contributed by atoms with E-state index in [0.29, 0.717) is 16.3 Å². The Kier molecular flexibility index (Phi) is 5.85. The molecule has 0 atom stereocenters. The molecule has 0 aliphatic carbocycles. The van der Waals surface area contributed by atoms with Crippen molar-refractivity contribution in [3.05, 3.63) is 64.2 Å². The first-order chi connectivity index (χ1) is 11.7. The molecular weight excluding hydrogens is 338 g/mol. The van der Waals surface area contributed by atoms with Crippen LogP contribution >= 0.6 is 11.6 Å². The summed E-state index contributed by atoms with van der Waals surface area (Å²) in [6.45, 7) is 7.83. The van der Waals surface area contributed by atoms with Crippen molar-refractivity contribution in [3.8, 4) is 0 Å². The summed E-state index contributed by atoms with van der Waals surface area (Å²) in [5.74, 6) is -0.976. The SMILES string of the molecule is Cc1ccc(NC(=O)COC(=O)c2ccc(C(C)(C)C)cc2)c(Cl)c1. The van der Waals surface area contributed by atoms with Gasteiger partial charge in [0.1, 0.15) is 0 Å². The number of hydrogen-bond acceptors (Lipinski definition) is 3. The van der Waals surface area contributed by atoms with E-state index in [9.17, 15) is 9.59 Å². The summed E-state index contributed by atoms with van der Waals surface area (Å²) >= 11 is 6.06. The number of aryl methyl sites for hydroxylation is 1. The van der Waals surface area contributed by atoms with Crippen molar-refractivity contribution in [1.29, 1.82) is 0 Å². The molecule has 0 aromatic heterocycles. The summed E-state index contributed by atoms with van der Waals surface area (Å²) in [7, 11) is 0. The quantitative estimate of drug-likeness (QED) is 0.802. The molecule has 0 radical (unpaired) electrons. The predicted octanol–water partition coefficient (Wildman–Crippen LogP) is 4.74. The Hall–Kier alpha value is -2.33. The minimum Gasteiger partial charge on any atom is -0.452 e. The van der Waals surface area contributed by atoms with Crippen LogP contribution in [0.5, 0.6) is 0 Å². The number of nitrogens with one attached hydrogen (secondary N) is 1. The number of carbonyl (C=O) groups is 2. The second kappa shape index (κ2) is 7.70. The second-order valence-corrected chi connectivity index (χ2v) is 7.34. The van der Waals surface area contributed by atoms with Crippen LogP contribution in [0.25, 0.3) is 0 Å². The van der Waals surface area contributed by atoms with Crippen LogP contribution in [0.2, 0.25) is 5.02 Å². The summed E-state index contributed by atoms with van der Waals surface area (Å²) in [6, 6.07) is 12.5. The summed E-state index contributed by atoms with van der Waals surface area (Å²) < 4.78 is 5.06. The number of amides is 1. The van der Waals surface area contributed by atoms with Gasteiger partial charge < -0.3 is 10.1 Å². The zero-order valence-corrected chi connectivity index (χ0v) is 15.6. The number of benzene rings is 2. The average molecular weight is 360 g/mol. The highest BCUT2D eigenvalue weighted by Gasteiger charge is 2.15. The summed E-state index contributed by atoms with van der Waals surface area (Å²) in [5.41, 5.74) is 3.02. The first-order valence-corrected chi connectivity index (χ1v) is 8.38. The molecule has 0 saturated heterocycles. The molecule has 1 N–H and O–H groups in total. The smallest absolute Gasteiger partial charge is 0.338 e. The molecule has 0 aliphatic heterocycles. The molecule has 1 amide bonds. The van der Waals surface area contributed by atoms with Gasteiger partial charge in [-0.25, -0.2) is 4.79 Å². The summed E-state index contributed by atoms with van der Waals surface area (Å²) in [4.78, 5) is 24.0. The maximum Gasteiger partial charge on any atom is 0.338 e. The zero-order chi connectivity index (χ0) is 18.6. The summed E-state index contributed by atoms with van der Waals surface area (Å²) in [5, 5.41) is 3.07. The highest BCUT2D eigenvalue weighted by molar-refractivity contribution is 6.33. The molecule has 0 unspecified atom stereocenters. The van der Waals surface area contributed by atoms with Crippen LogP contribution < -0.4 is 5.32 Å². The highest BCUT2D eigenvalue weighted by Crippen LogP contribution is 2.23. The van der Waals surface area contributed by atoms with E-state index in [0.717, 1.165) is 11.1 Å². The Morgan fingerprint density at radius 3 is 2.28 bits per heavy atom. The topological polar surface area (TPSA) is 55.4 Å². The molecule has 4 nitrogen and oxygen atoms in total. The molecule has 2 aromatic carbocycles.